The third-order valence-electron chi connectivity index (χ3n) is 4.43. The second kappa shape index (κ2) is 5.04. The molecule has 2 heterocycles. The summed E-state index contributed by atoms with van der Waals surface area (Å²) >= 11 is 12.6. The number of fused-ring (bicyclic) bond motifs is 3. The van der Waals surface area contributed by atoms with Crippen molar-refractivity contribution in [2.75, 3.05) is 5.32 Å². The van der Waals surface area contributed by atoms with E-state index in [1.807, 2.05) is 18.3 Å². The number of allylic oxidation sites excluding steroid dienone is 2. The lowest BCUT2D eigenvalue weighted by molar-refractivity contribution is 0.425. The number of benzene rings is 1. The van der Waals surface area contributed by atoms with Crippen LogP contribution in [0.5, 0.6) is 0 Å². The Morgan fingerprint density at radius 3 is 2.95 bits per heavy atom. The summed E-state index contributed by atoms with van der Waals surface area (Å²) in [5.74, 6) is 0.846. The van der Waals surface area contributed by atoms with Gasteiger partial charge >= 0.3 is 0 Å². The predicted molar refractivity (Wildman–Crippen MR) is 87.1 cm³/mol. The van der Waals surface area contributed by atoms with E-state index in [4.69, 9.17) is 23.2 Å². The maximum Gasteiger partial charge on any atom is 0.0655 e. The molecule has 2 aromatic rings. The lowest BCUT2D eigenvalue weighted by Gasteiger charge is -2.37. The van der Waals surface area contributed by atoms with Gasteiger partial charge in [0, 0.05) is 23.3 Å². The topological polar surface area (TPSA) is 24.9 Å². The number of anilines is 1. The summed E-state index contributed by atoms with van der Waals surface area (Å²) in [6, 6.07) is 8.16. The van der Waals surface area contributed by atoms with E-state index >= 15 is 0 Å². The Kier molecular flexibility index (Phi) is 3.16. The van der Waals surface area contributed by atoms with Crippen LogP contribution in [-0.2, 0) is 0 Å². The first kappa shape index (κ1) is 13.2. The van der Waals surface area contributed by atoms with E-state index in [0.29, 0.717) is 21.9 Å². The molecule has 21 heavy (non-hydrogen) atoms. The van der Waals surface area contributed by atoms with Crippen molar-refractivity contribution < 1.29 is 0 Å². The molecular weight excluding hydrogens is 303 g/mol. The zero-order chi connectivity index (χ0) is 14.4. The Balaban J connectivity index is 1.84. The van der Waals surface area contributed by atoms with Gasteiger partial charge in [0.1, 0.15) is 0 Å². The Bertz CT molecular complexity index is 712. The van der Waals surface area contributed by atoms with Crippen LogP contribution in [0, 0.1) is 5.92 Å². The van der Waals surface area contributed by atoms with Gasteiger partial charge in [0.25, 0.3) is 0 Å². The molecule has 1 aliphatic heterocycles. The van der Waals surface area contributed by atoms with Gasteiger partial charge in [-0.05, 0) is 41.7 Å². The van der Waals surface area contributed by atoms with Crippen LogP contribution in [-0.4, -0.2) is 4.98 Å². The zero-order valence-corrected chi connectivity index (χ0v) is 12.8. The molecule has 4 heteroatoms. The molecule has 0 spiro atoms. The lowest BCUT2D eigenvalue weighted by atomic mass is 9.77. The highest BCUT2D eigenvalue weighted by Gasteiger charge is 2.38. The Hall–Kier alpha value is -1.51. The largest absolute Gasteiger partial charge is 0.376 e. The second-order valence-electron chi connectivity index (χ2n) is 5.61. The van der Waals surface area contributed by atoms with E-state index in [9.17, 15) is 0 Å². The van der Waals surface area contributed by atoms with E-state index in [2.05, 4.69) is 28.5 Å². The normalized spacial score (nSPS) is 26.1. The highest BCUT2D eigenvalue weighted by molar-refractivity contribution is 6.36. The Morgan fingerprint density at radius 1 is 1.24 bits per heavy atom. The standard InChI is InChI=1S/C17H14Cl2N2/c18-11-7-14-12-4-1-5-13(12)16(10-3-2-6-20-9-10)21-17(14)15(19)8-11/h1-4,6-9,12-13,16,21H,5H2. The van der Waals surface area contributed by atoms with Crippen LogP contribution in [0.4, 0.5) is 5.69 Å². The van der Waals surface area contributed by atoms with Gasteiger partial charge in [0.05, 0.1) is 16.8 Å². The number of nitrogens with one attached hydrogen (secondary N) is 1. The van der Waals surface area contributed by atoms with Crippen molar-refractivity contribution in [3.05, 3.63) is 70.0 Å². The van der Waals surface area contributed by atoms with Crippen molar-refractivity contribution in [3.63, 3.8) is 0 Å². The van der Waals surface area contributed by atoms with Crippen molar-refractivity contribution in [2.24, 2.45) is 5.92 Å². The summed E-state index contributed by atoms with van der Waals surface area (Å²) in [5.41, 5.74) is 3.40. The van der Waals surface area contributed by atoms with Crippen LogP contribution >= 0.6 is 23.2 Å². The summed E-state index contributed by atoms with van der Waals surface area (Å²) in [7, 11) is 0. The van der Waals surface area contributed by atoms with Crippen LogP contribution < -0.4 is 5.32 Å². The van der Waals surface area contributed by atoms with Gasteiger partial charge < -0.3 is 5.32 Å². The summed E-state index contributed by atoms with van der Waals surface area (Å²) in [6.07, 6.45) is 9.32. The molecule has 0 fully saturated rings. The number of hydrogen-bond acceptors (Lipinski definition) is 2. The maximum absolute atomic E-state index is 6.40. The van der Waals surface area contributed by atoms with Crippen LogP contribution in [0.3, 0.4) is 0 Å². The number of rotatable bonds is 1. The second-order valence-corrected chi connectivity index (χ2v) is 6.46. The molecule has 0 saturated heterocycles. The van der Waals surface area contributed by atoms with Crippen molar-refractivity contribution in [3.8, 4) is 0 Å². The van der Waals surface area contributed by atoms with Gasteiger partial charge in [-0.1, -0.05) is 41.4 Å². The van der Waals surface area contributed by atoms with E-state index in [1.54, 1.807) is 12.3 Å². The molecule has 0 amide bonds. The third kappa shape index (κ3) is 2.14. The minimum atomic E-state index is 0.227. The van der Waals surface area contributed by atoms with E-state index in [0.717, 1.165) is 12.1 Å². The summed E-state index contributed by atoms with van der Waals surface area (Å²) < 4.78 is 0. The highest BCUT2D eigenvalue weighted by atomic mass is 35.5. The van der Waals surface area contributed by atoms with Gasteiger partial charge in [-0.25, -0.2) is 0 Å². The molecule has 106 valence electrons. The van der Waals surface area contributed by atoms with E-state index in [1.165, 1.54) is 11.1 Å². The molecule has 2 aliphatic rings. The minimum Gasteiger partial charge on any atom is -0.376 e. The summed E-state index contributed by atoms with van der Waals surface area (Å²) in [4.78, 5) is 4.25. The Morgan fingerprint density at radius 2 is 2.14 bits per heavy atom. The fourth-order valence-electron chi connectivity index (χ4n) is 3.51. The third-order valence-corrected chi connectivity index (χ3v) is 4.95. The van der Waals surface area contributed by atoms with Crippen LogP contribution in [0.15, 0.2) is 48.8 Å². The quantitative estimate of drug-likeness (QED) is 0.730. The average molecular weight is 317 g/mol. The zero-order valence-electron chi connectivity index (χ0n) is 11.3. The SMILES string of the molecule is Clc1cc(Cl)c2c(c1)C1C=CCC1C(c1cccnc1)N2. The molecule has 4 rings (SSSR count). The van der Waals surface area contributed by atoms with Crippen LogP contribution in [0.1, 0.15) is 29.5 Å². The summed E-state index contributed by atoms with van der Waals surface area (Å²) in [5, 5.41) is 4.99. The smallest absolute Gasteiger partial charge is 0.0655 e. The molecule has 1 N–H and O–H groups in total. The number of halogens is 2. The molecule has 3 unspecified atom stereocenters. The van der Waals surface area contributed by atoms with E-state index < -0.39 is 0 Å². The molecular formula is C17H14Cl2N2. The minimum absolute atomic E-state index is 0.227. The molecule has 1 aromatic carbocycles. The number of pyridine rings is 1. The highest BCUT2D eigenvalue weighted by Crippen LogP contribution is 2.52. The van der Waals surface area contributed by atoms with Gasteiger partial charge in [-0.15, -0.1) is 0 Å². The monoisotopic (exact) mass is 316 g/mol. The molecule has 2 nitrogen and oxygen atoms in total. The van der Waals surface area contributed by atoms with Crippen molar-refractivity contribution in [2.45, 2.75) is 18.4 Å². The molecule has 1 aliphatic carbocycles. The number of nitrogens with zero attached hydrogens (tertiary/aromatic N) is 1. The lowest BCUT2D eigenvalue weighted by Crippen LogP contribution is -2.29. The predicted octanol–water partition coefficient (Wildman–Crippen LogP) is 5.21. The van der Waals surface area contributed by atoms with Crippen molar-refractivity contribution in [1.82, 2.24) is 4.98 Å². The first-order valence-corrected chi connectivity index (χ1v) is 7.81. The molecule has 0 radical (unpaired) electrons. The first-order chi connectivity index (χ1) is 10.2. The van der Waals surface area contributed by atoms with Crippen molar-refractivity contribution in [1.29, 1.82) is 0 Å². The number of aromatic nitrogens is 1. The molecule has 0 saturated carbocycles. The molecule has 3 atom stereocenters. The van der Waals surface area contributed by atoms with Gasteiger partial charge in [0.2, 0.25) is 0 Å². The van der Waals surface area contributed by atoms with Crippen LogP contribution in [0.25, 0.3) is 0 Å². The van der Waals surface area contributed by atoms with Gasteiger partial charge in [0.15, 0.2) is 0 Å². The maximum atomic E-state index is 6.40. The van der Waals surface area contributed by atoms with Gasteiger partial charge in [-0.2, -0.15) is 0 Å². The first-order valence-electron chi connectivity index (χ1n) is 7.06. The molecule has 0 bridgehead atoms. The average Bonchev–Trinajstić information content (AvgIpc) is 2.97. The fourth-order valence-corrected chi connectivity index (χ4v) is 4.07. The van der Waals surface area contributed by atoms with E-state index in [-0.39, 0.29) is 6.04 Å². The molecule has 1 aromatic heterocycles. The fraction of sp³-hybridized carbons (Fsp3) is 0.235. The Labute approximate surface area is 133 Å². The number of hydrogen-bond donors (Lipinski definition) is 1. The van der Waals surface area contributed by atoms with Gasteiger partial charge in [-0.3, -0.25) is 4.98 Å². The van der Waals surface area contributed by atoms with Crippen LogP contribution in [0.2, 0.25) is 10.0 Å². The van der Waals surface area contributed by atoms with Crippen molar-refractivity contribution >= 4 is 28.9 Å². The summed E-state index contributed by atoms with van der Waals surface area (Å²) in [6.45, 7) is 0.